The minimum Gasteiger partial charge on any atom is -0.356 e. The first-order valence-electron chi connectivity index (χ1n) is 6.63. The molecule has 0 unspecified atom stereocenters. The van der Waals surface area contributed by atoms with Gasteiger partial charge in [0.2, 0.25) is 5.91 Å². The van der Waals surface area contributed by atoms with E-state index in [2.05, 4.69) is 15.2 Å². The molecular formula is C13H20ClN3OS. The highest BCUT2D eigenvalue weighted by Gasteiger charge is 2.20. The molecule has 4 nitrogen and oxygen atoms in total. The fourth-order valence-corrected chi connectivity index (χ4v) is 3.37. The number of aromatic nitrogens is 1. The minimum absolute atomic E-state index is 0.0684. The molecule has 1 amide bonds. The van der Waals surface area contributed by atoms with Gasteiger partial charge in [0.25, 0.3) is 0 Å². The first-order chi connectivity index (χ1) is 9.17. The zero-order valence-electron chi connectivity index (χ0n) is 11.2. The normalized spacial score (nSPS) is 17.6. The average Bonchev–Trinajstić information content (AvgIpc) is 2.85. The number of halogens is 1. The van der Waals surface area contributed by atoms with Crippen LogP contribution in [0.5, 0.6) is 0 Å². The number of carbonyl (C=O) groups excluding carboxylic acids is 1. The van der Waals surface area contributed by atoms with Gasteiger partial charge in [0.1, 0.15) is 5.01 Å². The number of nitrogens with one attached hydrogen (secondary N) is 1. The molecule has 6 heteroatoms. The van der Waals surface area contributed by atoms with Crippen molar-refractivity contribution >= 4 is 28.8 Å². The fourth-order valence-electron chi connectivity index (χ4n) is 2.31. The second-order valence-electron chi connectivity index (χ2n) is 5.02. The molecule has 0 aromatic carbocycles. The van der Waals surface area contributed by atoms with Gasteiger partial charge in [0, 0.05) is 18.8 Å². The van der Waals surface area contributed by atoms with Crippen LogP contribution in [0.15, 0.2) is 5.38 Å². The van der Waals surface area contributed by atoms with Gasteiger partial charge in [-0.25, -0.2) is 4.98 Å². The summed E-state index contributed by atoms with van der Waals surface area (Å²) in [4.78, 5) is 17.8. The summed E-state index contributed by atoms with van der Waals surface area (Å²) in [6, 6.07) is 0. The topological polar surface area (TPSA) is 45.2 Å². The first kappa shape index (κ1) is 14.8. The summed E-state index contributed by atoms with van der Waals surface area (Å²) in [5.74, 6) is 1.18. The van der Waals surface area contributed by atoms with Gasteiger partial charge in [0.15, 0.2) is 0 Å². The molecule has 1 fully saturated rings. The smallest absolute Gasteiger partial charge is 0.216 e. The van der Waals surface area contributed by atoms with E-state index in [0.717, 1.165) is 49.7 Å². The van der Waals surface area contributed by atoms with Crippen molar-refractivity contribution in [3.05, 3.63) is 16.1 Å². The molecule has 1 aliphatic rings. The highest BCUT2D eigenvalue weighted by molar-refractivity contribution is 7.09. The summed E-state index contributed by atoms with van der Waals surface area (Å²) >= 11 is 7.45. The quantitative estimate of drug-likeness (QED) is 0.848. The van der Waals surface area contributed by atoms with E-state index < -0.39 is 0 Å². The molecule has 2 heterocycles. The lowest BCUT2D eigenvalue weighted by Gasteiger charge is -2.31. The number of likely N-dealkylation sites (tertiary alicyclic amines) is 1. The van der Waals surface area contributed by atoms with Crippen LogP contribution in [0.3, 0.4) is 0 Å². The summed E-state index contributed by atoms with van der Waals surface area (Å²) in [5.41, 5.74) is 0.974. The van der Waals surface area contributed by atoms with Crippen LogP contribution >= 0.6 is 22.9 Å². The van der Waals surface area contributed by atoms with Crippen molar-refractivity contribution in [1.29, 1.82) is 0 Å². The average molecular weight is 302 g/mol. The summed E-state index contributed by atoms with van der Waals surface area (Å²) in [5, 5.41) is 6.09. The summed E-state index contributed by atoms with van der Waals surface area (Å²) in [7, 11) is 0. The van der Waals surface area contributed by atoms with Gasteiger partial charge in [-0.3, -0.25) is 9.69 Å². The number of rotatable bonds is 5. The molecule has 0 aliphatic carbocycles. The molecule has 0 atom stereocenters. The number of nitrogens with zero attached hydrogens (tertiary/aromatic N) is 2. The Hall–Kier alpha value is -0.650. The van der Waals surface area contributed by atoms with Crippen molar-refractivity contribution in [3.8, 4) is 0 Å². The third-order valence-corrected chi connectivity index (χ3v) is 4.60. The van der Waals surface area contributed by atoms with E-state index in [1.54, 1.807) is 18.3 Å². The Kier molecular flexibility index (Phi) is 5.60. The van der Waals surface area contributed by atoms with Crippen molar-refractivity contribution in [1.82, 2.24) is 15.2 Å². The van der Waals surface area contributed by atoms with E-state index in [-0.39, 0.29) is 5.91 Å². The third-order valence-electron chi connectivity index (χ3n) is 3.44. The first-order valence-corrected chi connectivity index (χ1v) is 8.05. The Morgan fingerprint density at radius 2 is 2.32 bits per heavy atom. The van der Waals surface area contributed by atoms with Crippen molar-refractivity contribution in [3.63, 3.8) is 0 Å². The molecule has 2 rings (SSSR count). The zero-order chi connectivity index (χ0) is 13.7. The predicted molar refractivity (Wildman–Crippen MR) is 78.4 cm³/mol. The van der Waals surface area contributed by atoms with Gasteiger partial charge < -0.3 is 5.32 Å². The van der Waals surface area contributed by atoms with Crippen LogP contribution in [0, 0.1) is 5.92 Å². The molecule has 1 aromatic heterocycles. The maximum Gasteiger partial charge on any atom is 0.216 e. The summed E-state index contributed by atoms with van der Waals surface area (Å²) < 4.78 is 0. The number of alkyl halides is 1. The molecule has 19 heavy (non-hydrogen) atoms. The molecule has 0 spiro atoms. The van der Waals surface area contributed by atoms with E-state index in [1.807, 2.05) is 5.38 Å². The maximum absolute atomic E-state index is 10.9. The molecule has 106 valence electrons. The second-order valence-corrected chi connectivity index (χ2v) is 6.23. The highest BCUT2D eigenvalue weighted by atomic mass is 35.5. The molecule has 0 bridgehead atoms. The molecular weight excluding hydrogens is 282 g/mol. The van der Waals surface area contributed by atoms with Crippen LogP contribution in [0.2, 0.25) is 0 Å². The number of thiazole rings is 1. The van der Waals surface area contributed by atoms with Gasteiger partial charge in [0.05, 0.1) is 18.1 Å². The van der Waals surface area contributed by atoms with E-state index in [1.165, 1.54) is 0 Å². The van der Waals surface area contributed by atoms with Gasteiger partial charge in [-0.15, -0.1) is 22.9 Å². The van der Waals surface area contributed by atoms with Crippen LogP contribution in [0.1, 0.15) is 30.5 Å². The molecule has 1 aromatic rings. The van der Waals surface area contributed by atoms with Gasteiger partial charge in [-0.1, -0.05) is 0 Å². The Labute approximate surface area is 123 Å². The standard InChI is InChI=1S/C13H20ClN3OS/c1-10(18)15-7-11-2-4-17(5-3-11)8-13-16-12(6-14)9-19-13/h9,11H,2-8H2,1H3,(H,15,18). The Morgan fingerprint density at radius 1 is 1.58 bits per heavy atom. The lowest BCUT2D eigenvalue weighted by molar-refractivity contribution is -0.119. The van der Waals surface area contributed by atoms with Gasteiger partial charge in [-0.05, 0) is 31.8 Å². The summed E-state index contributed by atoms with van der Waals surface area (Å²) in [6.07, 6.45) is 2.29. The van der Waals surface area contributed by atoms with Gasteiger partial charge in [-0.2, -0.15) is 0 Å². The minimum atomic E-state index is 0.0684. The Morgan fingerprint density at radius 3 is 2.89 bits per heavy atom. The number of carbonyl (C=O) groups is 1. The lowest BCUT2D eigenvalue weighted by Crippen LogP contribution is -2.37. The second kappa shape index (κ2) is 7.22. The number of hydrogen-bond donors (Lipinski definition) is 1. The highest BCUT2D eigenvalue weighted by Crippen LogP contribution is 2.20. The van der Waals surface area contributed by atoms with Crippen LogP contribution in [-0.2, 0) is 17.2 Å². The van der Waals surface area contributed by atoms with Crippen LogP contribution in [0.25, 0.3) is 0 Å². The fraction of sp³-hybridized carbons (Fsp3) is 0.692. The van der Waals surface area contributed by atoms with E-state index in [0.29, 0.717) is 11.8 Å². The van der Waals surface area contributed by atoms with Gasteiger partial charge >= 0.3 is 0 Å². The van der Waals surface area contributed by atoms with Crippen molar-refractivity contribution in [2.75, 3.05) is 19.6 Å². The van der Waals surface area contributed by atoms with Crippen LogP contribution in [-0.4, -0.2) is 35.4 Å². The van der Waals surface area contributed by atoms with E-state index >= 15 is 0 Å². The van der Waals surface area contributed by atoms with Crippen LogP contribution in [0.4, 0.5) is 0 Å². The number of hydrogen-bond acceptors (Lipinski definition) is 4. The predicted octanol–water partition coefficient (Wildman–Crippen LogP) is 2.23. The third kappa shape index (κ3) is 4.75. The molecule has 1 saturated heterocycles. The summed E-state index contributed by atoms with van der Waals surface area (Å²) in [6.45, 7) is 5.48. The monoisotopic (exact) mass is 301 g/mol. The van der Waals surface area contributed by atoms with Crippen molar-refractivity contribution in [2.24, 2.45) is 5.92 Å². The van der Waals surface area contributed by atoms with Crippen molar-refractivity contribution in [2.45, 2.75) is 32.2 Å². The Balaban J connectivity index is 1.72. The molecule has 0 saturated carbocycles. The Bertz CT molecular complexity index is 416. The van der Waals surface area contributed by atoms with Crippen LogP contribution < -0.4 is 5.32 Å². The number of amides is 1. The van der Waals surface area contributed by atoms with E-state index in [4.69, 9.17) is 11.6 Å². The maximum atomic E-state index is 10.9. The van der Waals surface area contributed by atoms with E-state index in [9.17, 15) is 4.79 Å². The lowest BCUT2D eigenvalue weighted by atomic mass is 9.97. The molecule has 1 N–H and O–H groups in total. The molecule has 1 aliphatic heterocycles. The zero-order valence-corrected chi connectivity index (χ0v) is 12.8. The number of piperidine rings is 1. The SMILES string of the molecule is CC(=O)NCC1CCN(Cc2nc(CCl)cs2)CC1. The van der Waals surface area contributed by atoms with Crippen molar-refractivity contribution < 1.29 is 4.79 Å². The molecule has 0 radical (unpaired) electrons. The largest absolute Gasteiger partial charge is 0.356 e.